The molecule has 1 heterocycles. The Kier molecular flexibility index (Phi) is 5.28. The molecule has 35 heavy (non-hydrogen) atoms. The molecular formula is C30H35F3N2. The summed E-state index contributed by atoms with van der Waals surface area (Å²) in [5.41, 5.74) is 2.54. The second kappa shape index (κ2) is 8.04. The molecule has 0 saturated heterocycles. The summed E-state index contributed by atoms with van der Waals surface area (Å²) in [4.78, 5) is 0. The summed E-state index contributed by atoms with van der Waals surface area (Å²) in [5, 5.41) is 3.38. The first-order valence-corrected chi connectivity index (χ1v) is 13.2. The lowest BCUT2D eigenvalue weighted by atomic mass is 9.53. The Morgan fingerprint density at radius 2 is 1.26 bits per heavy atom. The summed E-state index contributed by atoms with van der Waals surface area (Å²) in [5.74, 6) is -0.417. The molecule has 0 atom stereocenters. The summed E-state index contributed by atoms with van der Waals surface area (Å²) < 4.78 is 48.6. The lowest BCUT2D eigenvalue weighted by Gasteiger charge is -2.57. The van der Waals surface area contributed by atoms with Crippen LogP contribution in [0.4, 0.5) is 18.9 Å². The van der Waals surface area contributed by atoms with Crippen LogP contribution in [-0.4, -0.2) is 10.1 Å². The molecule has 0 radical (unpaired) electrons. The second-order valence-corrected chi connectivity index (χ2v) is 12.2. The molecule has 4 fully saturated rings. The average molecular weight is 481 g/mol. The zero-order valence-electron chi connectivity index (χ0n) is 21.1. The first-order valence-electron chi connectivity index (χ1n) is 13.2. The highest BCUT2D eigenvalue weighted by molar-refractivity contribution is 5.88. The first kappa shape index (κ1) is 23.0. The lowest BCUT2D eigenvalue weighted by molar-refractivity contribution is 0.0104. The predicted octanol–water partition coefficient (Wildman–Crippen LogP) is 8.68. The van der Waals surface area contributed by atoms with Gasteiger partial charge in [-0.15, -0.1) is 0 Å². The van der Waals surface area contributed by atoms with Crippen molar-refractivity contribution in [2.75, 3.05) is 5.32 Å². The quantitative estimate of drug-likeness (QED) is 0.362. The van der Waals surface area contributed by atoms with Gasteiger partial charge >= 0.3 is 0 Å². The minimum absolute atomic E-state index is 0.00988. The third-order valence-corrected chi connectivity index (χ3v) is 8.96. The highest BCUT2D eigenvalue weighted by Crippen LogP contribution is 2.57. The third kappa shape index (κ3) is 3.60. The van der Waals surface area contributed by atoms with Gasteiger partial charge in [0.15, 0.2) is 17.5 Å². The van der Waals surface area contributed by atoms with Crippen molar-refractivity contribution in [1.82, 2.24) is 4.57 Å². The molecule has 2 nitrogen and oxygen atoms in total. The molecule has 4 bridgehead atoms. The molecule has 0 spiro atoms. The monoisotopic (exact) mass is 480 g/mol. The molecule has 3 aromatic rings. The maximum atomic E-state index is 16.0. The molecule has 0 amide bonds. The van der Waals surface area contributed by atoms with Gasteiger partial charge in [0.2, 0.25) is 0 Å². The van der Waals surface area contributed by atoms with Crippen LogP contribution in [-0.2, 0) is 0 Å². The second-order valence-electron chi connectivity index (χ2n) is 12.2. The largest absolute Gasteiger partial charge is 0.375 e. The number of nitrogens with one attached hydrogen (secondary N) is 1. The fourth-order valence-electron chi connectivity index (χ4n) is 7.84. The Labute approximate surface area is 205 Å². The molecule has 0 unspecified atom stereocenters. The van der Waals surface area contributed by atoms with E-state index in [4.69, 9.17) is 0 Å². The van der Waals surface area contributed by atoms with E-state index in [9.17, 15) is 0 Å². The number of anilines is 1. The summed E-state index contributed by atoms with van der Waals surface area (Å²) in [6, 6.07) is 6.15. The average Bonchev–Trinajstić information content (AvgIpc) is 3.24. The number of rotatable bonds is 5. The first-order chi connectivity index (χ1) is 16.7. The predicted molar refractivity (Wildman–Crippen MR) is 136 cm³/mol. The van der Waals surface area contributed by atoms with E-state index in [1.54, 1.807) is 17.0 Å². The zero-order chi connectivity index (χ0) is 24.6. The summed E-state index contributed by atoms with van der Waals surface area (Å²) in [6.45, 7) is 8.45. The molecule has 1 N–H and O–H groups in total. The third-order valence-electron chi connectivity index (χ3n) is 8.96. The number of hydrogen-bond acceptors (Lipinski definition) is 1. The Morgan fingerprint density at radius 1 is 0.771 bits per heavy atom. The van der Waals surface area contributed by atoms with Gasteiger partial charge in [-0.2, -0.15) is 0 Å². The van der Waals surface area contributed by atoms with Crippen molar-refractivity contribution in [2.45, 2.75) is 83.6 Å². The number of nitrogens with zero attached hydrogens (tertiary/aromatic N) is 1. The van der Waals surface area contributed by atoms with Gasteiger partial charge in [0.1, 0.15) is 5.69 Å². The van der Waals surface area contributed by atoms with Gasteiger partial charge in [-0.3, -0.25) is 0 Å². The van der Waals surface area contributed by atoms with Crippen molar-refractivity contribution in [3.63, 3.8) is 0 Å². The fraction of sp³-hybridized carbons (Fsp3) is 0.533. The van der Waals surface area contributed by atoms with Crippen LogP contribution in [0.5, 0.6) is 0 Å². The molecule has 4 saturated carbocycles. The molecule has 0 aliphatic heterocycles. The van der Waals surface area contributed by atoms with E-state index in [-0.39, 0.29) is 33.8 Å². The van der Waals surface area contributed by atoms with Crippen LogP contribution in [0.3, 0.4) is 0 Å². The van der Waals surface area contributed by atoms with Crippen LogP contribution >= 0.6 is 0 Å². The van der Waals surface area contributed by atoms with E-state index in [1.165, 1.54) is 19.3 Å². The van der Waals surface area contributed by atoms with Gasteiger partial charge in [0.25, 0.3) is 0 Å². The standard InChI is InChI=1S/C30H35F3N2/c1-16(2)21-6-5-7-22(17(3)4)29(21)35-14-23-24(15-35)26(32)28(27(33)25(23)31)34-30-11-18-8-19(12-30)10-20(9-18)13-30/h5-7,14-20,34H,8-13H2,1-4H3. The Hall–Kier alpha value is -2.43. The Balaban J connectivity index is 1.48. The van der Waals surface area contributed by atoms with E-state index < -0.39 is 17.5 Å². The van der Waals surface area contributed by atoms with Crippen LogP contribution in [0, 0.1) is 35.2 Å². The van der Waals surface area contributed by atoms with E-state index in [0.717, 1.165) is 36.1 Å². The maximum Gasteiger partial charge on any atom is 0.185 e. The number of aromatic nitrogens is 1. The van der Waals surface area contributed by atoms with Gasteiger partial charge in [-0.1, -0.05) is 45.9 Å². The molecule has 2 aromatic carbocycles. The molecule has 1 aromatic heterocycles. The highest BCUT2D eigenvalue weighted by atomic mass is 19.2. The van der Waals surface area contributed by atoms with Gasteiger partial charge in [-0.05, 0) is 79.2 Å². The molecule has 5 heteroatoms. The van der Waals surface area contributed by atoms with Crippen LogP contribution in [0.1, 0.15) is 89.2 Å². The van der Waals surface area contributed by atoms with Crippen LogP contribution < -0.4 is 5.32 Å². The molecule has 186 valence electrons. The Morgan fingerprint density at radius 3 is 1.74 bits per heavy atom. The molecule has 4 aliphatic carbocycles. The topological polar surface area (TPSA) is 17.0 Å². The Bertz CT molecular complexity index is 1240. The zero-order valence-corrected chi connectivity index (χ0v) is 21.1. The van der Waals surface area contributed by atoms with Gasteiger partial charge in [0.05, 0.1) is 5.69 Å². The van der Waals surface area contributed by atoms with E-state index >= 15 is 13.2 Å². The van der Waals surface area contributed by atoms with Crippen molar-refractivity contribution in [3.05, 3.63) is 59.2 Å². The lowest BCUT2D eigenvalue weighted by Crippen LogP contribution is -2.55. The minimum atomic E-state index is -1.09. The van der Waals surface area contributed by atoms with Crippen molar-refractivity contribution in [2.24, 2.45) is 17.8 Å². The van der Waals surface area contributed by atoms with Crippen LogP contribution in [0.25, 0.3) is 16.5 Å². The van der Waals surface area contributed by atoms with E-state index in [2.05, 4.69) is 45.1 Å². The van der Waals surface area contributed by atoms with Crippen LogP contribution in [0.2, 0.25) is 0 Å². The number of fused-ring (bicyclic) bond motifs is 1. The molecule has 7 rings (SSSR count). The normalized spacial score (nSPS) is 27.5. The fourth-order valence-corrected chi connectivity index (χ4v) is 7.84. The SMILES string of the molecule is CC(C)c1cccc(C(C)C)c1-n1cc2c(F)c(F)c(NC34CC5CC(CC(C5)C3)C4)c(F)c2c1. The van der Waals surface area contributed by atoms with Gasteiger partial charge < -0.3 is 9.88 Å². The minimum Gasteiger partial charge on any atom is -0.375 e. The van der Waals surface area contributed by atoms with E-state index in [0.29, 0.717) is 17.8 Å². The highest BCUT2D eigenvalue weighted by Gasteiger charge is 2.51. The van der Waals surface area contributed by atoms with Crippen molar-refractivity contribution < 1.29 is 13.2 Å². The molecule has 4 aliphatic rings. The number of hydrogen-bond donors (Lipinski definition) is 1. The van der Waals surface area contributed by atoms with E-state index in [1.807, 2.05) is 6.07 Å². The van der Waals surface area contributed by atoms with Crippen LogP contribution in [0.15, 0.2) is 30.6 Å². The summed E-state index contributed by atoms with van der Waals surface area (Å²) >= 11 is 0. The summed E-state index contributed by atoms with van der Waals surface area (Å²) in [7, 11) is 0. The van der Waals surface area contributed by atoms with Crippen molar-refractivity contribution >= 4 is 16.5 Å². The van der Waals surface area contributed by atoms with Gasteiger partial charge in [0, 0.05) is 28.7 Å². The summed E-state index contributed by atoms with van der Waals surface area (Å²) in [6.07, 6.45) is 9.68. The number of benzene rings is 2. The van der Waals surface area contributed by atoms with Crippen molar-refractivity contribution in [1.29, 1.82) is 0 Å². The number of halogens is 3. The van der Waals surface area contributed by atoms with Gasteiger partial charge in [-0.25, -0.2) is 13.2 Å². The number of para-hydroxylation sites is 1. The van der Waals surface area contributed by atoms with Crippen molar-refractivity contribution in [3.8, 4) is 5.69 Å². The molecular weight excluding hydrogens is 445 g/mol. The maximum absolute atomic E-state index is 16.0. The smallest absolute Gasteiger partial charge is 0.185 e.